The predicted octanol–water partition coefficient (Wildman–Crippen LogP) is 2.51. The summed E-state index contributed by atoms with van der Waals surface area (Å²) in [6.45, 7) is 0.889. The van der Waals surface area contributed by atoms with Crippen LogP contribution in [-0.2, 0) is 16.1 Å². The van der Waals surface area contributed by atoms with Crippen LogP contribution in [0, 0.1) is 0 Å². The molecule has 1 heterocycles. The second-order valence-corrected chi connectivity index (χ2v) is 5.38. The molecule has 0 radical (unpaired) electrons. The Morgan fingerprint density at radius 2 is 1.80 bits per heavy atom. The topological polar surface area (TPSA) is 94.1 Å². The van der Waals surface area contributed by atoms with Crippen LogP contribution < -0.4 is 14.8 Å². The van der Waals surface area contributed by atoms with Crippen LogP contribution in [0.4, 0.5) is 4.79 Å². The highest BCUT2D eigenvalue weighted by Gasteiger charge is 2.25. The maximum absolute atomic E-state index is 11.9. The van der Waals surface area contributed by atoms with Gasteiger partial charge in [-0.1, -0.05) is 36.4 Å². The van der Waals surface area contributed by atoms with Crippen LogP contribution in [-0.4, -0.2) is 30.4 Å². The number of aliphatic carboxylic acids is 1. The van der Waals surface area contributed by atoms with Crippen LogP contribution >= 0.6 is 0 Å². The Morgan fingerprint density at radius 1 is 1.08 bits per heavy atom. The fourth-order valence-corrected chi connectivity index (χ4v) is 2.41. The van der Waals surface area contributed by atoms with E-state index in [2.05, 4.69) is 5.32 Å². The quantitative estimate of drug-likeness (QED) is 0.866. The van der Waals surface area contributed by atoms with Gasteiger partial charge in [-0.05, 0) is 23.3 Å². The minimum atomic E-state index is -1.25. The number of benzene rings is 2. The number of amides is 1. The van der Waals surface area contributed by atoms with Crippen LogP contribution in [0.15, 0.2) is 48.5 Å². The average Bonchev–Trinajstić information content (AvgIpc) is 2.64. The standard InChI is InChI=1S/C18H17NO6/c20-17(21)16(13-6-7-14-15(10-13)24-9-8-23-14)19-18(22)25-11-12-4-2-1-3-5-12/h1-7,10,16H,8-9,11H2,(H,19,22)(H,20,21)/t16-/m1/s1. The molecule has 1 amide bonds. The number of rotatable bonds is 5. The molecule has 0 fully saturated rings. The van der Waals surface area contributed by atoms with E-state index in [-0.39, 0.29) is 6.61 Å². The molecule has 0 unspecified atom stereocenters. The molecule has 1 atom stereocenters. The molecular formula is C18H17NO6. The highest BCUT2D eigenvalue weighted by atomic mass is 16.6. The third kappa shape index (κ3) is 4.20. The van der Waals surface area contributed by atoms with E-state index in [1.165, 1.54) is 0 Å². The highest BCUT2D eigenvalue weighted by Crippen LogP contribution is 2.32. The Hall–Kier alpha value is -3.22. The summed E-state index contributed by atoms with van der Waals surface area (Å²) in [6, 6.07) is 12.6. The Balaban J connectivity index is 1.67. The lowest BCUT2D eigenvalue weighted by Crippen LogP contribution is -2.34. The summed E-state index contributed by atoms with van der Waals surface area (Å²) in [6.07, 6.45) is -0.814. The summed E-state index contributed by atoms with van der Waals surface area (Å²) >= 11 is 0. The van der Waals surface area contributed by atoms with Gasteiger partial charge in [0.2, 0.25) is 0 Å². The first-order chi connectivity index (χ1) is 12.1. The number of fused-ring (bicyclic) bond motifs is 1. The lowest BCUT2D eigenvalue weighted by atomic mass is 10.1. The Morgan fingerprint density at radius 3 is 2.52 bits per heavy atom. The van der Waals surface area contributed by atoms with Gasteiger partial charge in [0.15, 0.2) is 17.5 Å². The number of carbonyl (C=O) groups excluding carboxylic acids is 1. The molecule has 25 heavy (non-hydrogen) atoms. The van der Waals surface area contributed by atoms with E-state index >= 15 is 0 Å². The monoisotopic (exact) mass is 343 g/mol. The molecule has 1 aliphatic rings. The first kappa shape index (κ1) is 16.6. The van der Waals surface area contributed by atoms with Gasteiger partial charge < -0.3 is 24.6 Å². The zero-order valence-electron chi connectivity index (χ0n) is 13.3. The third-order valence-corrected chi connectivity index (χ3v) is 3.62. The highest BCUT2D eigenvalue weighted by molar-refractivity contribution is 5.81. The van der Waals surface area contributed by atoms with Gasteiger partial charge in [-0.2, -0.15) is 0 Å². The van der Waals surface area contributed by atoms with Crippen molar-refractivity contribution in [2.75, 3.05) is 13.2 Å². The van der Waals surface area contributed by atoms with E-state index in [9.17, 15) is 14.7 Å². The van der Waals surface area contributed by atoms with E-state index in [1.807, 2.05) is 30.3 Å². The molecule has 0 saturated carbocycles. The lowest BCUT2D eigenvalue weighted by Gasteiger charge is -2.21. The molecule has 0 spiro atoms. The SMILES string of the molecule is O=C(N[C@@H](C(=O)O)c1ccc2c(c1)OCCO2)OCc1ccccc1. The number of hydrogen-bond acceptors (Lipinski definition) is 5. The van der Waals surface area contributed by atoms with Gasteiger partial charge in [-0.25, -0.2) is 9.59 Å². The number of carboxylic acids is 1. The molecule has 130 valence electrons. The molecule has 7 nitrogen and oxygen atoms in total. The van der Waals surface area contributed by atoms with Crippen LogP contribution in [0.25, 0.3) is 0 Å². The maximum Gasteiger partial charge on any atom is 0.408 e. The summed E-state index contributed by atoms with van der Waals surface area (Å²) < 4.78 is 15.9. The minimum absolute atomic E-state index is 0.0557. The minimum Gasteiger partial charge on any atom is -0.486 e. The Bertz CT molecular complexity index is 761. The van der Waals surface area contributed by atoms with Crippen molar-refractivity contribution in [3.63, 3.8) is 0 Å². The van der Waals surface area contributed by atoms with Crippen molar-refractivity contribution in [3.05, 3.63) is 59.7 Å². The van der Waals surface area contributed by atoms with Gasteiger partial charge in [0.1, 0.15) is 19.8 Å². The summed E-state index contributed by atoms with van der Waals surface area (Å²) in [7, 11) is 0. The van der Waals surface area contributed by atoms with E-state index in [0.29, 0.717) is 30.3 Å². The number of nitrogens with one attached hydrogen (secondary N) is 1. The van der Waals surface area contributed by atoms with Crippen molar-refractivity contribution in [1.29, 1.82) is 0 Å². The third-order valence-electron chi connectivity index (χ3n) is 3.62. The molecule has 2 N–H and O–H groups in total. The second kappa shape index (κ2) is 7.57. The van der Waals surface area contributed by atoms with Crippen molar-refractivity contribution in [1.82, 2.24) is 5.32 Å². The Labute approximate surface area is 144 Å². The fourth-order valence-electron chi connectivity index (χ4n) is 2.41. The van der Waals surface area contributed by atoms with Gasteiger partial charge in [0, 0.05) is 0 Å². The zero-order chi connectivity index (χ0) is 17.6. The van der Waals surface area contributed by atoms with Crippen molar-refractivity contribution >= 4 is 12.1 Å². The van der Waals surface area contributed by atoms with Crippen LogP contribution in [0.1, 0.15) is 17.2 Å². The van der Waals surface area contributed by atoms with E-state index in [4.69, 9.17) is 14.2 Å². The Kier molecular flexibility index (Phi) is 5.03. The first-order valence-corrected chi connectivity index (χ1v) is 7.73. The van der Waals surface area contributed by atoms with E-state index < -0.39 is 18.1 Å². The summed E-state index contributed by atoms with van der Waals surface area (Å²) in [4.78, 5) is 23.5. The van der Waals surface area contributed by atoms with Crippen LogP contribution in [0.3, 0.4) is 0 Å². The average molecular weight is 343 g/mol. The summed E-state index contributed by atoms with van der Waals surface area (Å²) in [5, 5.41) is 11.8. The lowest BCUT2D eigenvalue weighted by molar-refractivity contribution is -0.139. The molecular weight excluding hydrogens is 326 g/mol. The molecule has 0 aliphatic carbocycles. The van der Waals surface area contributed by atoms with E-state index in [1.54, 1.807) is 18.2 Å². The van der Waals surface area contributed by atoms with Gasteiger partial charge >= 0.3 is 12.1 Å². The first-order valence-electron chi connectivity index (χ1n) is 7.73. The maximum atomic E-state index is 11.9. The molecule has 2 aromatic carbocycles. The molecule has 1 aliphatic heterocycles. The molecule has 0 saturated heterocycles. The van der Waals surface area contributed by atoms with Gasteiger partial charge in [0.05, 0.1) is 0 Å². The van der Waals surface area contributed by atoms with Crippen LogP contribution in [0.2, 0.25) is 0 Å². The molecule has 7 heteroatoms. The summed E-state index contributed by atoms with van der Waals surface area (Å²) in [5.74, 6) is -0.200. The van der Waals surface area contributed by atoms with Crippen LogP contribution in [0.5, 0.6) is 11.5 Å². The smallest absolute Gasteiger partial charge is 0.408 e. The second-order valence-electron chi connectivity index (χ2n) is 5.38. The number of carboxylic acid groups (broad SMARTS) is 1. The zero-order valence-corrected chi connectivity index (χ0v) is 13.3. The normalized spacial score (nSPS) is 13.6. The largest absolute Gasteiger partial charge is 0.486 e. The predicted molar refractivity (Wildman–Crippen MR) is 87.6 cm³/mol. The molecule has 0 bridgehead atoms. The van der Waals surface area contributed by atoms with Crippen molar-refractivity contribution in [2.24, 2.45) is 0 Å². The number of alkyl carbamates (subject to hydrolysis) is 1. The molecule has 0 aromatic heterocycles. The molecule has 2 aromatic rings. The molecule has 3 rings (SSSR count). The van der Waals surface area contributed by atoms with Gasteiger partial charge in [-0.3, -0.25) is 0 Å². The van der Waals surface area contributed by atoms with Gasteiger partial charge in [0.25, 0.3) is 0 Å². The van der Waals surface area contributed by atoms with Crippen molar-refractivity contribution in [2.45, 2.75) is 12.6 Å². The van der Waals surface area contributed by atoms with Gasteiger partial charge in [-0.15, -0.1) is 0 Å². The summed E-state index contributed by atoms with van der Waals surface area (Å²) in [5.41, 5.74) is 1.18. The van der Waals surface area contributed by atoms with E-state index in [0.717, 1.165) is 5.56 Å². The number of carbonyl (C=O) groups is 2. The van der Waals surface area contributed by atoms with Crippen molar-refractivity contribution < 1.29 is 28.9 Å². The fraction of sp³-hybridized carbons (Fsp3) is 0.222. The van der Waals surface area contributed by atoms with Crippen molar-refractivity contribution in [3.8, 4) is 11.5 Å². The number of ether oxygens (including phenoxy) is 3. The number of hydrogen-bond donors (Lipinski definition) is 2.